The maximum atomic E-state index is 12.6. The van der Waals surface area contributed by atoms with Gasteiger partial charge in [-0.15, -0.1) is 0 Å². The van der Waals surface area contributed by atoms with Crippen molar-refractivity contribution >= 4 is 11.9 Å². The van der Waals surface area contributed by atoms with E-state index < -0.39 is 11.9 Å². The number of rotatable bonds is 6. The van der Waals surface area contributed by atoms with Gasteiger partial charge in [0.1, 0.15) is 11.5 Å². The molecule has 0 spiro atoms. The predicted octanol–water partition coefficient (Wildman–Crippen LogP) is 5.25. The van der Waals surface area contributed by atoms with E-state index in [4.69, 9.17) is 9.47 Å². The molecule has 3 rings (SSSR count). The average molecular weight is 374 g/mol. The molecular formula is C24H22O4. The van der Waals surface area contributed by atoms with Crippen LogP contribution in [0.2, 0.25) is 0 Å². The molecule has 3 aromatic carbocycles. The van der Waals surface area contributed by atoms with Crippen LogP contribution in [0.1, 0.15) is 45.7 Å². The molecule has 0 radical (unpaired) electrons. The summed E-state index contributed by atoms with van der Waals surface area (Å²) in [7, 11) is 0. The predicted molar refractivity (Wildman–Crippen MR) is 108 cm³/mol. The zero-order chi connectivity index (χ0) is 19.9. The van der Waals surface area contributed by atoms with Crippen molar-refractivity contribution in [1.82, 2.24) is 0 Å². The standard InChI is InChI=1S/C24H22O4/c1-3-17-9-13-19(14-10-17)27-23(25)21-7-5-6-8-22(21)24(26)28-20-15-11-18(4-2)12-16-20/h5-16H,3-4H2,1-2H3. The van der Waals surface area contributed by atoms with Gasteiger partial charge in [0.2, 0.25) is 0 Å². The van der Waals surface area contributed by atoms with Gasteiger partial charge in [-0.25, -0.2) is 9.59 Å². The van der Waals surface area contributed by atoms with Crippen LogP contribution >= 0.6 is 0 Å². The molecule has 0 amide bonds. The van der Waals surface area contributed by atoms with Crippen molar-refractivity contribution in [2.75, 3.05) is 0 Å². The van der Waals surface area contributed by atoms with Crippen molar-refractivity contribution in [3.05, 3.63) is 95.1 Å². The minimum absolute atomic E-state index is 0.164. The van der Waals surface area contributed by atoms with Crippen molar-refractivity contribution in [2.45, 2.75) is 26.7 Å². The van der Waals surface area contributed by atoms with E-state index in [2.05, 4.69) is 13.8 Å². The van der Waals surface area contributed by atoms with E-state index in [1.165, 1.54) is 0 Å². The molecule has 0 heterocycles. The number of aryl methyl sites for hydroxylation is 2. The van der Waals surface area contributed by atoms with Crippen LogP contribution in [0, 0.1) is 0 Å². The first-order chi connectivity index (χ1) is 13.6. The number of hydrogen-bond donors (Lipinski definition) is 0. The monoisotopic (exact) mass is 374 g/mol. The maximum absolute atomic E-state index is 12.6. The topological polar surface area (TPSA) is 52.6 Å². The Hall–Kier alpha value is -3.40. The minimum atomic E-state index is -0.599. The number of esters is 2. The quantitative estimate of drug-likeness (QED) is 0.437. The molecule has 3 aromatic rings. The van der Waals surface area contributed by atoms with Crippen molar-refractivity contribution in [3.8, 4) is 11.5 Å². The van der Waals surface area contributed by atoms with Crippen molar-refractivity contribution in [3.63, 3.8) is 0 Å². The number of hydrogen-bond acceptors (Lipinski definition) is 4. The molecule has 0 aliphatic heterocycles. The molecule has 4 heteroatoms. The first-order valence-corrected chi connectivity index (χ1v) is 9.32. The van der Waals surface area contributed by atoms with Gasteiger partial charge in [-0.3, -0.25) is 0 Å². The van der Waals surface area contributed by atoms with Crippen LogP contribution in [-0.2, 0) is 12.8 Å². The van der Waals surface area contributed by atoms with Crippen LogP contribution in [0.3, 0.4) is 0 Å². The fraction of sp³-hybridized carbons (Fsp3) is 0.167. The fourth-order valence-corrected chi connectivity index (χ4v) is 2.75. The zero-order valence-electron chi connectivity index (χ0n) is 16.0. The molecule has 0 fully saturated rings. The second-order valence-electron chi connectivity index (χ2n) is 6.32. The summed E-state index contributed by atoms with van der Waals surface area (Å²) in [5.74, 6) is -0.336. The Morgan fingerprint density at radius 1 is 0.607 bits per heavy atom. The number of benzene rings is 3. The molecule has 0 aliphatic rings. The van der Waals surface area contributed by atoms with Crippen molar-refractivity contribution < 1.29 is 19.1 Å². The van der Waals surface area contributed by atoms with Crippen LogP contribution in [0.25, 0.3) is 0 Å². The largest absolute Gasteiger partial charge is 0.423 e. The van der Waals surface area contributed by atoms with E-state index in [0.29, 0.717) is 11.5 Å². The van der Waals surface area contributed by atoms with Crippen LogP contribution in [-0.4, -0.2) is 11.9 Å². The van der Waals surface area contributed by atoms with E-state index in [-0.39, 0.29) is 11.1 Å². The molecular weight excluding hydrogens is 352 g/mol. The van der Waals surface area contributed by atoms with Crippen molar-refractivity contribution in [2.24, 2.45) is 0 Å². The Balaban J connectivity index is 1.76. The Morgan fingerprint density at radius 3 is 1.29 bits per heavy atom. The van der Waals surface area contributed by atoms with Crippen LogP contribution in [0.4, 0.5) is 0 Å². The van der Waals surface area contributed by atoms with E-state index >= 15 is 0 Å². The second-order valence-corrected chi connectivity index (χ2v) is 6.32. The first kappa shape index (κ1) is 19.4. The molecule has 142 valence electrons. The van der Waals surface area contributed by atoms with Gasteiger partial charge in [-0.2, -0.15) is 0 Å². The Labute approximate surface area is 164 Å². The van der Waals surface area contributed by atoms with Gasteiger partial charge in [0.05, 0.1) is 11.1 Å². The highest BCUT2D eigenvalue weighted by atomic mass is 16.5. The lowest BCUT2D eigenvalue weighted by Gasteiger charge is -2.10. The van der Waals surface area contributed by atoms with Gasteiger partial charge >= 0.3 is 11.9 Å². The van der Waals surface area contributed by atoms with Gasteiger partial charge in [0.25, 0.3) is 0 Å². The Kier molecular flexibility index (Phi) is 6.22. The summed E-state index contributed by atoms with van der Waals surface area (Å²) in [5, 5.41) is 0. The third kappa shape index (κ3) is 4.65. The average Bonchev–Trinajstić information content (AvgIpc) is 2.74. The van der Waals surface area contributed by atoms with Gasteiger partial charge < -0.3 is 9.47 Å². The minimum Gasteiger partial charge on any atom is -0.423 e. The smallest absolute Gasteiger partial charge is 0.344 e. The normalized spacial score (nSPS) is 10.4. The third-order valence-electron chi connectivity index (χ3n) is 4.45. The van der Waals surface area contributed by atoms with Gasteiger partial charge in [0.15, 0.2) is 0 Å². The molecule has 0 unspecified atom stereocenters. The van der Waals surface area contributed by atoms with Gasteiger partial charge in [0, 0.05) is 0 Å². The summed E-state index contributed by atoms with van der Waals surface area (Å²) in [6.07, 6.45) is 1.81. The Morgan fingerprint density at radius 2 is 0.964 bits per heavy atom. The first-order valence-electron chi connectivity index (χ1n) is 9.32. The summed E-state index contributed by atoms with van der Waals surface area (Å²) in [5.41, 5.74) is 2.63. The summed E-state index contributed by atoms with van der Waals surface area (Å²) >= 11 is 0. The summed E-state index contributed by atoms with van der Waals surface area (Å²) in [6.45, 7) is 4.11. The maximum Gasteiger partial charge on any atom is 0.344 e. The van der Waals surface area contributed by atoms with E-state index in [1.807, 2.05) is 24.3 Å². The van der Waals surface area contributed by atoms with Crippen LogP contribution in [0.5, 0.6) is 11.5 Å². The van der Waals surface area contributed by atoms with E-state index in [0.717, 1.165) is 24.0 Å². The molecule has 0 saturated heterocycles. The number of carbonyl (C=O) groups excluding carboxylic acids is 2. The summed E-state index contributed by atoms with van der Waals surface area (Å²) in [6, 6.07) is 21.1. The molecule has 0 aliphatic carbocycles. The van der Waals surface area contributed by atoms with Crippen LogP contribution < -0.4 is 9.47 Å². The highest BCUT2D eigenvalue weighted by Gasteiger charge is 2.20. The van der Waals surface area contributed by atoms with Crippen molar-refractivity contribution in [1.29, 1.82) is 0 Å². The van der Waals surface area contributed by atoms with E-state index in [9.17, 15) is 9.59 Å². The molecule has 0 N–H and O–H groups in total. The lowest BCUT2D eigenvalue weighted by atomic mass is 10.1. The molecule has 0 aromatic heterocycles. The third-order valence-corrected chi connectivity index (χ3v) is 4.45. The van der Waals surface area contributed by atoms with Crippen LogP contribution in [0.15, 0.2) is 72.8 Å². The number of carbonyl (C=O) groups is 2. The zero-order valence-corrected chi connectivity index (χ0v) is 16.0. The lowest BCUT2D eigenvalue weighted by Crippen LogP contribution is -2.17. The summed E-state index contributed by atoms with van der Waals surface area (Å²) in [4.78, 5) is 25.2. The molecule has 0 atom stereocenters. The SMILES string of the molecule is CCc1ccc(OC(=O)c2ccccc2C(=O)Oc2ccc(CC)cc2)cc1. The van der Waals surface area contributed by atoms with Gasteiger partial charge in [-0.1, -0.05) is 50.2 Å². The highest BCUT2D eigenvalue weighted by Crippen LogP contribution is 2.19. The highest BCUT2D eigenvalue weighted by molar-refractivity contribution is 6.04. The van der Waals surface area contributed by atoms with Gasteiger partial charge in [-0.05, 0) is 60.4 Å². The fourth-order valence-electron chi connectivity index (χ4n) is 2.75. The lowest BCUT2D eigenvalue weighted by molar-refractivity contribution is 0.0692. The molecule has 4 nitrogen and oxygen atoms in total. The Bertz CT molecular complexity index is 876. The molecule has 0 bridgehead atoms. The molecule has 0 saturated carbocycles. The molecule has 28 heavy (non-hydrogen) atoms. The second kappa shape index (κ2) is 9.00. The van der Waals surface area contributed by atoms with E-state index in [1.54, 1.807) is 48.5 Å². The number of ether oxygens (including phenoxy) is 2. The summed E-state index contributed by atoms with van der Waals surface area (Å²) < 4.78 is 10.8.